The summed E-state index contributed by atoms with van der Waals surface area (Å²) in [6.07, 6.45) is 0. The van der Waals surface area contributed by atoms with E-state index in [0.717, 1.165) is 10.8 Å². The van der Waals surface area contributed by atoms with Crippen molar-refractivity contribution in [3.8, 4) is 0 Å². The molecule has 1 aromatic carbocycles. The zero-order chi connectivity index (χ0) is 10.6. The van der Waals surface area contributed by atoms with Crippen LogP contribution in [0.5, 0.6) is 0 Å². The van der Waals surface area contributed by atoms with Crippen molar-refractivity contribution in [2.45, 2.75) is 6.92 Å². The third kappa shape index (κ3) is 3.46. The summed E-state index contributed by atoms with van der Waals surface area (Å²) in [5, 5.41) is 0.865. The van der Waals surface area contributed by atoms with Gasteiger partial charge in [-0.3, -0.25) is 0 Å². The molecule has 14 heavy (non-hydrogen) atoms. The molecule has 0 aliphatic rings. The Hall–Kier alpha value is -0.283. The van der Waals surface area contributed by atoms with Crippen molar-refractivity contribution in [2.75, 3.05) is 6.61 Å². The van der Waals surface area contributed by atoms with E-state index in [9.17, 15) is 0 Å². The lowest BCUT2D eigenvalue weighted by Gasteiger charge is -2.17. The number of hydrogen-bond acceptors (Lipinski definition) is 1. The second kappa shape index (κ2) is 4.98. The zero-order valence-electron chi connectivity index (χ0n) is 7.97. The van der Waals surface area contributed by atoms with Crippen LogP contribution in [0.1, 0.15) is 6.92 Å². The summed E-state index contributed by atoms with van der Waals surface area (Å²) >= 11 is 12.3. The lowest BCUT2D eigenvalue weighted by molar-refractivity contribution is 0.370. The van der Waals surface area contributed by atoms with Crippen LogP contribution in [0.2, 0.25) is 0 Å². The Labute approximate surface area is 94.8 Å². The fraction of sp³-hybridized carbons (Fsp3) is 0.200. The molecule has 0 saturated carbocycles. The van der Waals surface area contributed by atoms with Gasteiger partial charge in [-0.1, -0.05) is 42.5 Å². The van der Waals surface area contributed by atoms with Crippen LogP contribution in [0, 0.1) is 0 Å². The third-order valence-electron chi connectivity index (χ3n) is 1.61. The van der Waals surface area contributed by atoms with Gasteiger partial charge in [0.15, 0.2) is 0 Å². The summed E-state index contributed by atoms with van der Waals surface area (Å²) in [7, 11) is 0. The monoisotopic (exact) mass is 246 g/mol. The molecule has 0 fully saturated rings. The second-order valence-corrected chi connectivity index (χ2v) is 8.80. The molecule has 0 unspecified atom stereocenters. The summed E-state index contributed by atoms with van der Waals surface area (Å²) in [6.45, 7) is 3.26. The van der Waals surface area contributed by atoms with E-state index in [1.165, 1.54) is 0 Å². The number of halogens is 2. The van der Waals surface area contributed by atoms with Gasteiger partial charge in [0.05, 0.1) is 6.61 Å². The molecule has 0 bridgehead atoms. The quantitative estimate of drug-likeness (QED) is 0.451. The minimum absolute atomic E-state index is 0.411. The van der Waals surface area contributed by atoms with Crippen LogP contribution >= 0.6 is 22.2 Å². The van der Waals surface area contributed by atoms with E-state index in [-0.39, 0.29) is 0 Å². The van der Waals surface area contributed by atoms with Gasteiger partial charge in [-0.15, -0.1) is 22.2 Å². The summed E-state index contributed by atoms with van der Waals surface area (Å²) in [6, 6.07) is 9.47. The minimum Gasteiger partial charge on any atom is -0.385 e. The molecule has 0 radical (unpaired) electrons. The molecule has 0 heterocycles. The fourth-order valence-corrected chi connectivity index (χ4v) is 3.19. The molecule has 0 saturated heterocycles. The lowest BCUT2D eigenvalue weighted by Crippen LogP contribution is -2.40. The second-order valence-electron chi connectivity index (χ2n) is 3.13. The summed E-state index contributed by atoms with van der Waals surface area (Å²) in [4.78, 5) is 0. The Bertz CT molecular complexity index is 311. The van der Waals surface area contributed by atoms with Gasteiger partial charge < -0.3 is 4.43 Å². The van der Waals surface area contributed by atoms with Gasteiger partial charge in [0, 0.05) is 0 Å². The highest BCUT2D eigenvalue weighted by Gasteiger charge is 2.33. The van der Waals surface area contributed by atoms with E-state index >= 15 is 0 Å². The molecule has 0 aliphatic carbocycles. The largest absolute Gasteiger partial charge is 0.423 e. The van der Waals surface area contributed by atoms with Crippen molar-refractivity contribution in [1.82, 2.24) is 0 Å². The van der Waals surface area contributed by atoms with Crippen molar-refractivity contribution >= 4 is 34.3 Å². The van der Waals surface area contributed by atoms with Crippen LogP contribution < -0.4 is 5.19 Å². The molecule has 76 valence electrons. The molecule has 1 aromatic rings. The molecule has 0 spiro atoms. The van der Waals surface area contributed by atoms with Crippen molar-refractivity contribution in [3.63, 3.8) is 0 Å². The Morgan fingerprint density at radius 1 is 1.36 bits per heavy atom. The molecule has 0 amide bonds. The van der Waals surface area contributed by atoms with Crippen LogP contribution in [0.4, 0.5) is 0 Å². The molecule has 4 heteroatoms. The van der Waals surface area contributed by atoms with Gasteiger partial charge in [0.1, 0.15) is 0 Å². The molecule has 0 N–H and O–H groups in total. The Morgan fingerprint density at radius 2 is 1.93 bits per heavy atom. The van der Waals surface area contributed by atoms with E-state index in [1.807, 2.05) is 37.3 Å². The molecule has 0 aromatic heterocycles. The molecule has 0 atom stereocenters. The van der Waals surface area contributed by atoms with E-state index in [0.29, 0.717) is 6.61 Å². The van der Waals surface area contributed by atoms with Crippen molar-refractivity contribution in [1.29, 1.82) is 0 Å². The average molecular weight is 247 g/mol. The van der Waals surface area contributed by atoms with Crippen molar-refractivity contribution < 1.29 is 4.43 Å². The summed E-state index contributed by atoms with van der Waals surface area (Å²) < 4.78 is 5.45. The van der Waals surface area contributed by atoms with Crippen molar-refractivity contribution in [2.24, 2.45) is 0 Å². The van der Waals surface area contributed by atoms with E-state index in [4.69, 9.17) is 26.6 Å². The van der Waals surface area contributed by atoms with Gasteiger partial charge in [0.25, 0.3) is 0 Å². The van der Waals surface area contributed by atoms with E-state index < -0.39 is 6.94 Å². The van der Waals surface area contributed by atoms with E-state index in [1.54, 1.807) is 0 Å². The Morgan fingerprint density at radius 3 is 2.43 bits per heavy atom. The maximum Gasteiger partial charge on any atom is 0.423 e. The minimum atomic E-state index is -2.76. The summed E-state index contributed by atoms with van der Waals surface area (Å²) in [5.41, 5.74) is 0.916. The van der Waals surface area contributed by atoms with Crippen LogP contribution in [0.25, 0.3) is 0 Å². The van der Waals surface area contributed by atoms with Gasteiger partial charge in [0.2, 0.25) is 0 Å². The first kappa shape index (κ1) is 11.8. The first-order chi connectivity index (χ1) is 6.52. The SMILES string of the molecule is C=C(C)CO[Si](Cl)(Cl)c1ccccc1. The molecular weight excluding hydrogens is 235 g/mol. The fourth-order valence-electron chi connectivity index (χ4n) is 0.929. The van der Waals surface area contributed by atoms with Gasteiger partial charge in [-0.05, 0) is 12.1 Å². The maximum atomic E-state index is 6.15. The number of hydrogen-bond donors (Lipinski definition) is 0. The predicted molar refractivity (Wildman–Crippen MR) is 64.3 cm³/mol. The normalized spacial score (nSPS) is 11.4. The van der Waals surface area contributed by atoms with Crippen LogP contribution in [-0.2, 0) is 4.43 Å². The van der Waals surface area contributed by atoms with Gasteiger partial charge in [-0.2, -0.15) is 0 Å². The maximum absolute atomic E-state index is 6.15. The predicted octanol–water partition coefficient (Wildman–Crippen LogP) is 2.90. The van der Waals surface area contributed by atoms with Crippen LogP contribution in [0.3, 0.4) is 0 Å². The van der Waals surface area contributed by atoms with Crippen LogP contribution in [-0.4, -0.2) is 13.5 Å². The highest BCUT2D eigenvalue weighted by molar-refractivity contribution is 7.48. The number of benzene rings is 1. The average Bonchev–Trinajstić information content (AvgIpc) is 2.16. The first-order valence-corrected chi connectivity index (χ1v) is 8.17. The lowest BCUT2D eigenvalue weighted by atomic mass is 10.4. The molecular formula is C10H12Cl2OSi. The Kier molecular flexibility index (Phi) is 4.20. The molecule has 1 nitrogen and oxygen atoms in total. The molecule has 0 aliphatic heterocycles. The van der Waals surface area contributed by atoms with Gasteiger partial charge in [-0.25, -0.2) is 0 Å². The van der Waals surface area contributed by atoms with Gasteiger partial charge >= 0.3 is 6.94 Å². The zero-order valence-corrected chi connectivity index (χ0v) is 10.5. The number of rotatable bonds is 4. The van der Waals surface area contributed by atoms with Crippen LogP contribution in [0.15, 0.2) is 42.5 Å². The topological polar surface area (TPSA) is 9.23 Å². The highest BCUT2D eigenvalue weighted by atomic mass is 35.7. The standard InChI is InChI=1S/C10H12Cl2OSi/c1-9(2)8-13-14(11,12)10-6-4-3-5-7-10/h3-7H,1,8H2,2H3. The Balaban J connectivity index is 2.70. The third-order valence-corrected chi connectivity index (χ3v) is 5.09. The summed E-state index contributed by atoms with van der Waals surface area (Å²) in [5.74, 6) is 0. The molecule has 1 rings (SSSR count). The first-order valence-electron chi connectivity index (χ1n) is 4.24. The van der Waals surface area contributed by atoms with Crippen molar-refractivity contribution in [3.05, 3.63) is 42.5 Å². The van der Waals surface area contributed by atoms with E-state index in [2.05, 4.69) is 6.58 Å². The smallest absolute Gasteiger partial charge is 0.385 e. The highest BCUT2D eigenvalue weighted by Crippen LogP contribution is 2.17.